The van der Waals surface area contributed by atoms with E-state index in [1.165, 1.54) is 0 Å². The first-order valence-electron chi connectivity index (χ1n) is 11.3. The number of aliphatic hydroxyl groups excluding tert-OH is 11. The molecule has 216 valence electrons. The molecular formula is C20H35NO16. The summed E-state index contributed by atoms with van der Waals surface area (Å²) >= 11 is 0. The lowest BCUT2D eigenvalue weighted by Gasteiger charge is -2.51. The molecule has 0 aromatic carbocycles. The van der Waals surface area contributed by atoms with Gasteiger partial charge in [0.2, 0.25) is 11.7 Å². The molecule has 14 atom stereocenters. The maximum absolute atomic E-state index is 13.7. The van der Waals surface area contributed by atoms with Crippen LogP contribution in [0.15, 0.2) is 0 Å². The van der Waals surface area contributed by atoms with Gasteiger partial charge in [-0.15, -0.1) is 0 Å². The topological polar surface area (TPSA) is 307 Å². The number of carbonyl (C=O) groups is 2. The Morgan fingerprint density at radius 2 is 1.35 bits per heavy atom. The summed E-state index contributed by atoms with van der Waals surface area (Å²) in [4.78, 5) is 25.5. The standard InChI is InChI=1S/C20H35NO16/c1-5(25)21-9-13(30)11(28)8(4-24)37-19(9)20(35,17(33)10(27)6(26)2-22)18(34)16-15(32)14(31)12(29)7(3-23)36-16/h6-17,19,22-24,26-33,35H,2-4H2,1H3,(H,21,25)/t6-,7-,8-,9-,10+,11-,12-,13-,14+,15-,16?,17+,19?,20-/m1/s1. The molecule has 2 fully saturated rings. The Bertz CT molecular complexity index is 785. The Morgan fingerprint density at radius 3 is 1.84 bits per heavy atom. The highest BCUT2D eigenvalue weighted by Gasteiger charge is 2.64. The second-order valence-electron chi connectivity index (χ2n) is 9.11. The van der Waals surface area contributed by atoms with Crippen LogP contribution in [-0.2, 0) is 19.1 Å². The van der Waals surface area contributed by atoms with Crippen molar-refractivity contribution < 1.29 is 80.3 Å². The number of aliphatic hydroxyl groups is 12. The molecule has 13 N–H and O–H groups in total. The molecule has 0 radical (unpaired) electrons. The summed E-state index contributed by atoms with van der Waals surface area (Å²) in [6.45, 7) is -2.27. The van der Waals surface area contributed by atoms with Crippen LogP contribution in [0.2, 0.25) is 0 Å². The maximum atomic E-state index is 13.7. The highest BCUT2D eigenvalue weighted by molar-refractivity contribution is 5.93. The van der Waals surface area contributed by atoms with Crippen molar-refractivity contribution in [3.05, 3.63) is 0 Å². The fourth-order valence-corrected chi connectivity index (χ4v) is 4.47. The third kappa shape index (κ3) is 5.94. The average Bonchev–Trinajstić information content (AvgIpc) is 2.87. The Hall–Kier alpha value is -1.42. The number of ether oxygens (including phenoxy) is 2. The van der Waals surface area contributed by atoms with Crippen LogP contribution in [0, 0.1) is 0 Å². The Labute approximate surface area is 209 Å². The van der Waals surface area contributed by atoms with E-state index in [0.717, 1.165) is 6.92 Å². The van der Waals surface area contributed by atoms with E-state index in [0.29, 0.717) is 0 Å². The fraction of sp³-hybridized carbons (Fsp3) is 0.900. The molecule has 17 nitrogen and oxygen atoms in total. The molecule has 1 amide bonds. The third-order valence-corrected chi connectivity index (χ3v) is 6.63. The molecule has 0 aromatic rings. The van der Waals surface area contributed by atoms with E-state index in [1.807, 2.05) is 0 Å². The second-order valence-corrected chi connectivity index (χ2v) is 9.11. The molecular weight excluding hydrogens is 510 g/mol. The quantitative estimate of drug-likeness (QED) is 0.121. The molecule has 17 heteroatoms. The number of Topliss-reactive ketones (excluding diaryl/α,β-unsaturated/α-hetero) is 1. The molecule has 2 aliphatic heterocycles. The van der Waals surface area contributed by atoms with Gasteiger partial charge in [0.1, 0.15) is 73.2 Å². The first-order chi connectivity index (χ1) is 17.2. The van der Waals surface area contributed by atoms with E-state index in [-0.39, 0.29) is 0 Å². The molecule has 2 aliphatic rings. The Balaban J connectivity index is 2.68. The van der Waals surface area contributed by atoms with Gasteiger partial charge in [0.15, 0.2) is 5.60 Å². The number of ketones is 1. The van der Waals surface area contributed by atoms with E-state index >= 15 is 0 Å². The average molecular weight is 545 g/mol. The van der Waals surface area contributed by atoms with Crippen LogP contribution in [0.5, 0.6) is 0 Å². The summed E-state index contributed by atoms with van der Waals surface area (Å²) in [5.41, 5.74) is -3.59. The van der Waals surface area contributed by atoms with Gasteiger partial charge in [0.25, 0.3) is 0 Å². The summed E-state index contributed by atoms with van der Waals surface area (Å²) in [6.07, 6.45) is -26.0. The smallest absolute Gasteiger partial charge is 0.217 e. The minimum Gasteiger partial charge on any atom is -0.394 e. The second kappa shape index (κ2) is 12.6. The van der Waals surface area contributed by atoms with Crippen molar-refractivity contribution in [3.63, 3.8) is 0 Å². The van der Waals surface area contributed by atoms with E-state index in [2.05, 4.69) is 5.32 Å². The van der Waals surface area contributed by atoms with E-state index in [1.54, 1.807) is 0 Å². The molecule has 2 unspecified atom stereocenters. The van der Waals surface area contributed by atoms with Gasteiger partial charge in [-0.05, 0) is 0 Å². The van der Waals surface area contributed by atoms with Gasteiger partial charge in [-0.1, -0.05) is 0 Å². The van der Waals surface area contributed by atoms with Crippen LogP contribution >= 0.6 is 0 Å². The number of carbonyl (C=O) groups excluding carboxylic acids is 2. The normalized spacial score (nSPS) is 40.8. The summed E-state index contributed by atoms with van der Waals surface area (Å²) in [5.74, 6) is -2.69. The lowest BCUT2D eigenvalue weighted by molar-refractivity contribution is -0.274. The lowest BCUT2D eigenvalue weighted by atomic mass is 9.72. The predicted octanol–water partition coefficient (Wildman–Crippen LogP) is -8.81. The molecule has 0 aromatic heterocycles. The summed E-state index contributed by atoms with van der Waals surface area (Å²) in [7, 11) is 0. The SMILES string of the molecule is CC(=O)N[C@H]1C([C@](O)(C(=O)C2O[C@H](CO)[C@@H](O)[C@H](O)[C@H]2O)[C@@H](O)[C@@H](O)[C@H](O)CO)O[C@H](CO)[C@@H](O)[C@@H]1O. The van der Waals surface area contributed by atoms with E-state index in [4.69, 9.17) is 9.47 Å². The Kier molecular flexibility index (Phi) is 10.8. The number of amides is 1. The van der Waals surface area contributed by atoms with Gasteiger partial charge >= 0.3 is 0 Å². The van der Waals surface area contributed by atoms with Gasteiger partial charge < -0.3 is 76.1 Å². The minimum absolute atomic E-state index is 0.902. The zero-order valence-electron chi connectivity index (χ0n) is 19.6. The van der Waals surface area contributed by atoms with Crippen LogP contribution in [0.3, 0.4) is 0 Å². The van der Waals surface area contributed by atoms with Crippen LogP contribution in [0.25, 0.3) is 0 Å². The van der Waals surface area contributed by atoms with Crippen molar-refractivity contribution >= 4 is 11.7 Å². The molecule has 37 heavy (non-hydrogen) atoms. The van der Waals surface area contributed by atoms with Crippen molar-refractivity contribution in [2.75, 3.05) is 19.8 Å². The van der Waals surface area contributed by atoms with Gasteiger partial charge in [-0.25, -0.2) is 0 Å². The largest absolute Gasteiger partial charge is 0.394 e. The highest BCUT2D eigenvalue weighted by Crippen LogP contribution is 2.36. The first kappa shape index (κ1) is 31.8. The lowest BCUT2D eigenvalue weighted by Crippen LogP contribution is -2.77. The van der Waals surface area contributed by atoms with Crippen LogP contribution in [0.1, 0.15) is 6.92 Å². The van der Waals surface area contributed by atoms with Crippen molar-refractivity contribution in [1.29, 1.82) is 0 Å². The Morgan fingerprint density at radius 1 is 0.838 bits per heavy atom. The molecule has 0 bridgehead atoms. The van der Waals surface area contributed by atoms with Crippen LogP contribution in [-0.4, -0.2) is 178 Å². The van der Waals surface area contributed by atoms with Crippen molar-refractivity contribution in [2.24, 2.45) is 0 Å². The highest BCUT2D eigenvalue weighted by atomic mass is 16.6. The number of nitrogens with one attached hydrogen (secondary N) is 1. The fourth-order valence-electron chi connectivity index (χ4n) is 4.47. The zero-order chi connectivity index (χ0) is 28.4. The van der Waals surface area contributed by atoms with Crippen molar-refractivity contribution in [3.8, 4) is 0 Å². The number of hydrogen-bond donors (Lipinski definition) is 13. The van der Waals surface area contributed by atoms with Gasteiger partial charge in [-0.2, -0.15) is 0 Å². The monoisotopic (exact) mass is 545 g/mol. The molecule has 2 saturated heterocycles. The van der Waals surface area contributed by atoms with Crippen molar-refractivity contribution in [1.82, 2.24) is 5.32 Å². The molecule has 0 aliphatic carbocycles. The number of rotatable bonds is 10. The van der Waals surface area contributed by atoms with Gasteiger partial charge in [-0.3, -0.25) is 9.59 Å². The van der Waals surface area contributed by atoms with Crippen LogP contribution < -0.4 is 5.32 Å². The first-order valence-corrected chi connectivity index (χ1v) is 11.3. The van der Waals surface area contributed by atoms with E-state index < -0.39 is 116 Å². The molecule has 2 heterocycles. The summed E-state index contributed by atoms with van der Waals surface area (Å²) < 4.78 is 10.5. The van der Waals surface area contributed by atoms with Gasteiger partial charge in [0, 0.05) is 6.92 Å². The predicted molar refractivity (Wildman–Crippen MR) is 114 cm³/mol. The third-order valence-electron chi connectivity index (χ3n) is 6.63. The van der Waals surface area contributed by atoms with Crippen LogP contribution in [0.4, 0.5) is 0 Å². The minimum atomic E-state index is -3.59. The summed E-state index contributed by atoms with van der Waals surface area (Å²) in [5, 5.41) is 124. The molecule has 0 saturated carbocycles. The van der Waals surface area contributed by atoms with Crippen molar-refractivity contribution in [2.45, 2.75) is 91.8 Å². The molecule has 0 spiro atoms. The van der Waals surface area contributed by atoms with E-state index in [9.17, 15) is 70.9 Å². The molecule has 2 rings (SSSR count). The summed E-state index contributed by atoms with van der Waals surface area (Å²) in [6, 6.07) is -1.94. The maximum Gasteiger partial charge on any atom is 0.217 e. The van der Waals surface area contributed by atoms with Gasteiger partial charge in [0.05, 0.1) is 25.9 Å². The number of hydrogen-bond acceptors (Lipinski definition) is 16. The zero-order valence-corrected chi connectivity index (χ0v) is 19.6.